The first-order chi connectivity index (χ1) is 13.5. The fourth-order valence-corrected chi connectivity index (χ4v) is 3.44. The number of nitrogens with zero attached hydrogens (tertiary/aromatic N) is 7. The molecule has 1 saturated heterocycles. The van der Waals surface area contributed by atoms with Crippen LogP contribution in [0, 0.1) is 6.92 Å². The molecule has 4 rings (SSSR count). The summed E-state index contributed by atoms with van der Waals surface area (Å²) in [4.78, 5) is 26.1. The Morgan fingerprint density at radius 2 is 1.86 bits per heavy atom. The predicted octanol–water partition coefficient (Wildman–Crippen LogP) is 2.00. The topological polar surface area (TPSA) is 80.0 Å². The lowest BCUT2D eigenvalue weighted by Gasteiger charge is -2.35. The maximum absolute atomic E-state index is 12.7. The molecule has 0 N–H and O–H groups in total. The van der Waals surface area contributed by atoms with Gasteiger partial charge in [-0.3, -0.25) is 4.79 Å². The van der Waals surface area contributed by atoms with E-state index in [0.717, 1.165) is 41.5 Å². The molecule has 3 aromatic rings. The van der Waals surface area contributed by atoms with Gasteiger partial charge in [-0.05, 0) is 19.1 Å². The molecule has 0 aliphatic carbocycles. The Morgan fingerprint density at radius 1 is 1.11 bits per heavy atom. The Bertz CT molecular complexity index is 989. The van der Waals surface area contributed by atoms with Crippen LogP contribution in [0.25, 0.3) is 11.0 Å². The van der Waals surface area contributed by atoms with Crippen LogP contribution in [0.15, 0.2) is 30.3 Å². The summed E-state index contributed by atoms with van der Waals surface area (Å²) in [5.41, 5.74) is 2.66. The van der Waals surface area contributed by atoms with Gasteiger partial charge in [-0.2, -0.15) is 0 Å². The van der Waals surface area contributed by atoms with E-state index in [4.69, 9.17) is 4.98 Å². The molecule has 0 radical (unpaired) electrons. The molecule has 3 heterocycles. The largest absolute Gasteiger partial charge is 0.353 e. The molecule has 1 fully saturated rings. The summed E-state index contributed by atoms with van der Waals surface area (Å²) in [6.07, 6.45) is 0. The molecule has 1 aromatic carbocycles. The third-order valence-corrected chi connectivity index (χ3v) is 5.04. The summed E-state index contributed by atoms with van der Waals surface area (Å²) in [5.74, 6) is 2.17. The minimum absolute atomic E-state index is 0.0667. The minimum Gasteiger partial charge on any atom is -0.353 e. The monoisotopic (exact) mass is 379 g/mol. The smallest absolute Gasteiger partial charge is 0.244 e. The number of para-hydroxylation sites is 1. The van der Waals surface area contributed by atoms with Gasteiger partial charge in [-0.1, -0.05) is 31.2 Å². The molecular weight excluding hydrogens is 354 g/mol. The van der Waals surface area contributed by atoms with Crippen molar-refractivity contribution in [1.82, 2.24) is 29.9 Å². The van der Waals surface area contributed by atoms with Crippen LogP contribution in [0.2, 0.25) is 0 Å². The van der Waals surface area contributed by atoms with Crippen molar-refractivity contribution in [2.45, 2.75) is 33.2 Å². The number of benzene rings is 1. The van der Waals surface area contributed by atoms with Gasteiger partial charge in [0, 0.05) is 43.9 Å². The average molecular weight is 379 g/mol. The zero-order valence-corrected chi connectivity index (χ0v) is 16.5. The zero-order valence-electron chi connectivity index (χ0n) is 16.5. The lowest BCUT2D eigenvalue weighted by molar-refractivity contribution is -0.132. The summed E-state index contributed by atoms with van der Waals surface area (Å²) < 4.78 is 1.67. The lowest BCUT2D eigenvalue weighted by atomic mass is 10.2. The number of fused-ring (bicyclic) bond motifs is 1. The molecular formula is C20H25N7O. The normalized spacial score (nSPS) is 14.9. The number of carbonyl (C=O) groups is 1. The number of piperazine rings is 1. The quantitative estimate of drug-likeness (QED) is 0.690. The maximum Gasteiger partial charge on any atom is 0.244 e. The molecule has 0 saturated carbocycles. The Labute approximate surface area is 164 Å². The standard InChI is InChI=1S/C20H25N7O/c1-14(2)20-21-15(3)12-18(22-20)25-8-10-26(11-9-25)19(28)13-27-17-7-5-4-6-16(17)23-24-27/h4-7,12,14H,8-11,13H2,1-3H3. The summed E-state index contributed by atoms with van der Waals surface area (Å²) >= 11 is 0. The van der Waals surface area contributed by atoms with Gasteiger partial charge in [0.25, 0.3) is 0 Å². The van der Waals surface area contributed by atoms with Crippen LogP contribution in [0.5, 0.6) is 0 Å². The van der Waals surface area contributed by atoms with Crippen molar-refractivity contribution in [3.05, 3.63) is 41.9 Å². The summed E-state index contributed by atoms with van der Waals surface area (Å²) in [6, 6.07) is 9.70. The maximum atomic E-state index is 12.7. The molecule has 0 spiro atoms. The first-order valence-electron chi connectivity index (χ1n) is 9.68. The fourth-order valence-electron chi connectivity index (χ4n) is 3.44. The van der Waals surface area contributed by atoms with Gasteiger partial charge in [0.1, 0.15) is 23.7 Å². The molecule has 2 aromatic heterocycles. The molecule has 28 heavy (non-hydrogen) atoms. The van der Waals surface area contributed by atoms with Crippen molar-refractivity contribution in [3.63, 3.8) is 0 Å². The van der Waals surface area contributed by atoms with E-state index in [-0.39, 0.29) is 12.5 Å². The van der Waals surface area contributed by atoms with Crippen LogP contribution in [0.1, 0.15) is 31.3 Å². The Balaban J connectivity index is 1.41. The molecule has 146 valence electrons. The van der Waals surface area contributed by atoms with E-state index in [1.807, 2.05) is 42.2 Å². The Kier molecular flexibility index (Phi) is 4.93. The second kappa shape index (κ2) is 7.53. The van der Waals surface area contributed by atoms with E-state index >= 15 is 0 Å². The highest BCUT2D eigenvalue weighted by atomic mass is 16.2. The van der Waals surface area contributed by atoms with E-state index < -0.39 is 0 Å². The van der Waals surface area contributed by atoms with Crippen molar-refractivity contribution >= 4 is 22.8 Å². The van der Waals surface area contributed by atoms with Gasteiger partial charge >= 0.3 is 0 Å². The number of aromatic nitrogens is 5. The van der Waals surface area contributed by atoms with E-state index in [9.17, 15) is 4.79 Å². The molecule has 0 atom stereocenters. The highest BCUT2D eigenvalue weighted by molar-refractivity contribution is 5.80. The number of hydrogen-bond donors (Lipinski definition) is 0. The molecule has 1 aliphatic rings. The first-order valence-corrected chi connectivity index (χ1v) is 9.68. The first kappa shape index (κ1) is 18.3. The van der Waals surface area contributed by atoms with Gasteiger partial charge < -0.3 is 9.80 Å². The summed E-state index contributed by atoms with van der Waals surface area (Å²) in [6.45, 7) is 9.28. The number of carbonyl (C=O) groups excluding carboxylic acids is 1. The van der Waals surface area contributed by atoms with Crippen molar-refractivity contribution in [3.8, 4) is 0 Å². The number of rotatable bonds is 4. The zero-order chi connectivity index (χ0) is 19.7. The van der Waals surface area contributed by atoms with Crippen LogP contribution in [-0.2, 0) is 11.3 Å². The molecule has 8 heteroatoms. The van der Waals surface area contributed by atoms with Gasteiger partial charge in [0.2, 0.25) is 5.91 Å². The van der Waals surface area contributed by atoms with Crippen molar-refractivity contribution in [2.24, 2.45) is 0 Å². The van der Waals surface area contributed by atoms with Crippen molar-refractivity contribution in [1.29, 1.82) is 0 Å². The van der Waals surface area contributed by atoms with Crippen LogP contribution >= 0.6 is 0 Å². The SMILES string of the molecule is Cc1cc(N2CCN(C(=O)Cn3nnc4ccccc43)CC2)nc(C(C)C)n1. The molecule has 0 unspecified atom stereocenters. The number of amides is 1. The minimum atomic E-state index is 0.0667. The Morgan fingerprint density at radius 3 is 2.61 bits per heavy atom. The third-order valence-electron chi connectivity index (χ3n) is 5.04. The average Bonchev–Trinajstić information content (AvgIpc) is 3.10. The number of aryl methyl sites for hydroxylation is 1. The summed E-state index contributed by atoms with van der Waals surface area (Å²) in [7, 11) is 0. The van der Waals surface area contributed by atoms with Gasteiger partial charge in [-0.25, -0.2) is 14.6 Å². The second-order valence-electron chi connectivity index (χ2n) is 7.48. The van der Waals surface area contributed by atoms with Crippen LogP contribution in [0.3, 0.4) is 0 Å². The number of anilines is 1. The highest BCUT2D eigenvalue weighted by Gasteiger charge is 2.23. The van der Waals surface area contributed by atoms with Gasteiger partial charge in [0.15, 0.2) is 0 Å². The molecule has 0 bridgehead atoms. The second-order valence-corrected chi connectivity index (χ2v) is 7.48. The van der Waals surface area contributed by atoms with Gasteiger partial charge in [-0.15, -0.1) is 5.10 Å². The van der Waals surface area contributed by atoms with Crippen molar-refractivity contribution in [2.75, 3.05) is 31.1 Å². The molecule has 1 amide bonds. The van der Waals surface area contributed by atoms with Crippen molar-refractivity contribution < 1.29 is 4.79 Å². The fraction of sp³-hybridized carbons (Fsp3) is 0.450. The highest BCUT2D eigenvalue weighted by Crippen LogP contribution is 2.19. The van der Waals surface area contributed by atoms with Crippen LogP contribution in [0.4, 0.5) is 5.82 Å². The van der Waals surface area contributed by atoms with E-state index in [0.29, 0.717) is 19.0 Å². The molecule has 8 nitrogen and oxygen atoms in total. The van der Waals surface area contributed by atoms with E-state index in [1.54, 1.807) is 4.68 Å². The van der Waals surface area contributed by atoms with Crippen LogP contribution < -0.4 is 4.90 Å². The van der Waals surface area contributed by atoms with E-state index in [1.165, 1.54) is 0 Å². The number of hydrogen-bond acceptors (Lipinski definition) is 6. The molecule has 1 aliphatic heterocycles. The van der Waals surface area contributed by atoms with E-state index in [2.05, 4.69) is 34.0 Å². The Hall–Kier alpha value is -3.03. The summed E-state index contributed by atoms with van der Waals surface area (Å²) in [5, 5.41) is 8.24. The predicted molar refractivity (Wildman–Crippen MR) is 107 cm³/mol. The lowest BCUT2D eigenvalue weighted by Crippen LogP contribution is -2.50. The van der Waals surface area contributed by atoms with Crippen LogP contribution in [-0.4, -0.2) is 61.9 Å². The third kappa shape index (κ3) is 3.67. The van der Waals surface area contributed by atoms with Gasteiger partial charge in [0.05, 0.1) is 5.52 Å².